The minimum absolute atomic E-state index is 0.121. The van der Waals surface area contributed by atoms with Crippen molar-refractivity contribution >= 4 is 11.9 Å². The number of carbonyl (C=O) groups is 2. The van der Waals surface area contributed by atoms with Gasteiger partial charge in [0, 0.05) is 13.2 Å². The highest BCUT2D eigenvalue weighted by Gasteiger charge is 2.13. The summed E-state index contributed by atoms with van der Waals surface area (Å²) in [6, 6.07) is 1.18. The number of methoxy groups -OCH3 is 1. The number of rotatable bonds is 2. The van der Waals surface area contributed by atoms with Crippen molar-refractivity contribution in [2.75, 3.05) is 14.2 Å². The van der Waals surface area contributed by atoms with E-state index in [1.165, 1.54) is 26.4 Å². The lowest BCUT2D eigenvalue weighted by Crippen LogP contribution is -2.27. The zero-order chi connectivity index (χ0) is 11.4. The predicted octanol–water partition coefficient (Wildman–Crippen LogP) is -0.479. The quantitative estimate of drug-likeness (QED) is 0.645. The van der Waals surface area contributed by atoms with Crippen LogP contribution in [0.1, 0.15) is 20.7 Å². The summed E-state index contributed by atoms with van der Waals surface area (Å²) in [6.45, 7) is 0. The highest BCUT2D eigenvalue weighted by atomic mass is 16.5. The van der Waals surface area contributed by atoms with E-state index in [1.54, 1.807) is 0 Å². The Bertz CT molecular complexity index is 450. The van der Waals surface area contributed by atoms with E-state index in [0.29, 0.717) is 0 Å². The molecule has 80 valence electrons. The number of aromatic nitrogens is 1. The number of ether oxygens (including phenoxy) is 1. The Kier molecular flexibility index (Phi) is 3.22. The summed E-state index contributed by atoms with van der Waals surface area (Å²) in [5.41, 5.74) is -0.557. The second kappa shape index (κ2) is 4.41. The summed E-state index contributed by atoms with van der Waals surface area (Å²) >= 11 is 0. The van der Waals surface area contributed by atoms with Gasteiger partial charge in [0.25, 0.3) is 11.5 Å². The molecule has 6 nitrogen and oxygen atoms in total. The summed E-state index contributed by atoms with van der Waals surface area (Å²) in [7, 11) is 2.61. The molecular formula is C9H10N2O4. The van der Waals surface area contributed by atoms with E-state index in [4.69, 9.17) is 0 Å². The zero-order valence-corrected chi connectivity index (χ0v) is 8.29. The second-order valence-electron chi connectivity index (χ2n) is 2.70. The molecule has 0 bridgehead atoms. The molecular weight excluding hydrogens is 200 g/mol. The molecule has 6 heteroatoms. The van der Waals surface area contributed by atoms with E-state index >= 15 is 0 Å². The molecule has 1 amide bonds. The standard InChI is InChI=1S/C9H10N2O4/c1-10-7(12)6-3-5(9(14)15-2)4-11-8(6)13/h3-4H,1-2H3,(H,10,12)(H,11,13). The molecule has 0 spiro atoms. The third kappa shape index (κ3) is 2.22. The van der Waals surface area contributed by atoms with Gasteiger partial charge in [-0.2, -0.15) is 0 Å². The molecule has 0 aliphatic rings. The van der Waals surface area contributed by atoms with Crippen LogP contribution in [0.25, 0.3) is 0 Å². The lowest BCUT2D eigenvalue weighted by molar-refractivity contribution is 0.0600. The maximum atomic E-state index is 11.2. The fourth-order valence-electron chi connectivity index (χ4n) is 1.02. The number of esters is 1. The Morgan fingerprint density at radius 2 is 2.13 bits per heavy atom. The van der Waals surface area contributed by atoms with Gasteiger partial charge >= 0.3 is 5.97 Å². The highest BCUT2D eigenvalue weighted by molar-refractivity contribution is 5.97. The lowest BCUT2D eigenvalue weighted by atomic mass is 10.2. The Labute approximate surface area is 85.3 Å². The first-order valence-corrected chi connectivity index (χ1v) is 4.13. The third-order valence-electron chi connectivity index (χ3n) is 1.80. The SMILES string of the molecule is CNC(=O)c1cc(C(=O)OC)c[nH]c1=O. The average Bonchev–Trinajstić information content (AvgIpc) is 2.27. The van der Waals surface area contributed by atoms with E-state index in [-0.39, 0.29) is 11.1 Å². The number of carbonyl (C=O) groups excluding carboxylic acids is 2. The van der Waals surface area contributed by atoms with Crippen LogP contribution in [0.2, 0.25) is 0 Å². The molecule has 1 aromatic heterocycles. The Hall–Kier alpha value is -2.11. The summed E-state index contributed by atoms with van der Waals surface area (Å²) in [5, 5.41) is 2.30. The van der Waals surface area contributed by atoms with Crippen molar-refractivity contribution in [2.45, 2.75) is 0 Å². The summed E-state index contributed by atoms with van der Waals surface area (Å²) in [6.07, 6.45) is 1.20. The van der Waals surface area contributed by atoms with Crippen molar-refractivity contribution < 1.29 is 14.3 Å². The van der Waals surface area contributed by atoms with E-state index in [1.807, 2.05) is 0 Å². The second-order valence-corrected chi connectivity index (χ2v) is 2.70. The van der Waals surface area contributed by atoms with E-state index in [9.17, 15) is 14.4 Å². The minimum Gasteiger partial charge on any atom is -0.465 e. The molecule has 1 heterocycles. The minimum atomic E-state index is -0.614. The monoisotopic (exact) mass is 210 g/mol. The molecule has 0 radical (unpaired) electrons. The van der Waals surface area contributed by atoms with E-state index in [2.05, 4.69) is 15.0 Å². The Morgan fingerprint density at radius 3 is 2.67 bits per heavy atom. The van der Waals surface area contributed by atoms with Gasteiger partial charge in [0.2, 0.25) is 0 Å². The number of H-pyrrole nitrogens is 1. The Balaban J connectivity index is 3.22. The average molecular weight is 210 g/mol. The van der Waals surface area contributed by atoms with Crippen LogP contribution in [0.15, 0.2) is 17.1 Å². The molecule has 2 N–H and O–H groups in total. The van der Waals surface area contributed by atoms with Gasteiger partial charge in [0.1, 0.15) is 5.56 Å². The molecule has 0 atom stereocenters. The van der Waals surface area contributed by atoms with Crippen molar-refractivity contribution in [3.05, 3.63) is 33.7 Å². The summed E-state index contributed by atoms with van der Waals surface area (Å²) in [4.78, 5) is 35.8. The normalized spacial score (nSPS) is 9.47. The van der Waals surface area contributed by atoms with Gasteiger partial charge in [-0.25, -0.2) is 4.79 Å². The Morgan fingerprint density at radius 1 is 1.47 bits per heavy atom. The van der Waals surface area contributed by atoms with E-state index in [0.717, 1.165) is 0 Å². The number of pyridine rings is 1. The molecule has 0 fully saturated rings. The van der Waals surface area contributed by atoms with Crippen molar-refractivity contribution in [3.8, 4) is 0 Å². The molecule has 1 rings (SSSR count). The molecule has 15 heavy (non-hydrogen) atoms. The predicted molar refractivity (Wildman–Crippen MR) is 51.8 cm³/mol. The van der Waals surface area contributed by atoms with Crippen LogP contribution >= 0.6 is 0 Å². The van der Waals surface area contributed by atoms with Crippen molar-refractivity contribution in [1.82, 2.24) is 10.3 Å². The van der Waals surface area contributed by atoms with Gasteiger partial charge in [-0.1, -0.05) is 0 Å². The maximum Gasteiger partial charge on any atom is 0.339 e. The number of hydrogen-bond acceptors (Lipinski definition) is 4. The molecule has 0 aliphatic carbocycles. The van der Waals surface area contributed by atoms with Crippen LogP contribution in [-0.4, -0.2) is 31.0 Å². The topological polar surface area (TPSA) is 88.3 Å². The van der Waals surface area contributed by atoms with Gasteiger partial charge in [-0.15, -0.1) is 0 Å². The molecule has 0 saturated carbocycles. The van der Waals surface area contributed by atoms with Gasteiger partial charge in [-0.05, 0) is 6.07 Å². The van der Waals surface area contributed by atoms with Crippen LogP contribution in [0.4, 0.5) is 0 Å². The number of hydrogen-bond donors (Lipinski definition) is 2. The van der Waals surface area contributed by atoms with Crippen LogP contribution < -0.4 is 10.9 Å². The summed E-state index contributed by atoms with van der Waals surface area (Å²) < 4.78 is 4.45. The van der Waals surface area contributed by atoms with Crippen LogP contribution in [0, 0.1) is 0 Å². The van der Waals surface area contributed by atoms with Crippen LogP contribution in [0.3, 0.4) is 0 Å². The molecule has 0 aromatic carbocycles. The first kappa shape index (κ1) is 11.0. The number of aromatic amines is 1. The highest BCUT2D eigenvalue weighted by Crippen LogP contribution is 2.00. The fraction of sp³-hybridized carbons (Fsp3) is 0.222. The lowest BCUT2D eigenvalue weighted by Gasteiger charge is -2.01. The zero-order valence-electron chi connectivity index (χ0n) is 8.29. The number of nitrogens with one attached hydrogen (secondary N) is 2. The fourth-order valence-corrected chi connectivity index (χ4v) is 1.02. The van der Waals surface area contributed by atoms with Crippen molar-refractivity contribution in [3.63, 3.8) is 0 Å². The van der Waals surface area contributed by atoms with Crippen LogP contribution in [-0.2, 0) is 4.74 Å². The largest absolute Gasteiger partial charge is 0.465 e. The van der Waals surface area contributed by atoms with Crippen molar-refractivity contribution in [2.24, 2.45) is 0 Å². The number of amides is 1. The molecule has 0 unspecified atom stereocenters. The molecule has 0 aliphatic heterocycles. The molecule has 0 saturated heterocycles. The van der Waals surface area contributed by atoms with Gasteiger partial charge in [0.15, 0.2) is 0 Å². The van der Waals surface area contributed by atoms with E-state index < -0.39 is 17.4 Å². The van der Waals surface area contributed by atoms with Crippen LogP contribution in [0.5, 0.6) is 0 Å². The smallest absolute Gasteiger partial charge is 0.339 e. The van der Waals surface area contributed by atoms with Gasteiger partial charge in [0.05, 0.1) is 12.7 Å². The first-order chi connectivity index (χ1) is 7.10. The third-order valence-corrected chi connectivity index (χ3v) is 1.80. The first-order valence-electron chi connectivity index (χ1n) is 4.13. The van der Waals surface area contributed by atoms with Gasteiger partial charge in [-0.3, -0.25) is 9.59 Å². The van der Waals surface area contributed by atoms with Gasteiger partial charge < -0.3 is 15.0 Å². The summed E-state index contributed by atoms with van der Waals surface area (Å²) in [5.74, 6) is -1.17. The maximum absolute atomic E-state index is 11.2. The van der Waals surface area contributed by atoms with Crippen molar-refractivity contribution in [1.29, 1.82) is 0 Å². The molecule has 1 aromatic rings.